The summed E-state index contributed by atoms with van der Waals surface area (Å²) in [5.41, 5.74) is 4.59. The van der Waals surface area contributed by atoms with E-state index in [0.29, 0.717) is 34.5 Å². The number of nitrogens with zero attached hydrogens (tertiary/aromatic N) is 1. The van der Waals surface area contributed by atoms with Crippen molar-refractivity contribution in [2.24, 2.45) is 0 Å². The highest BCUT2D eigenvalue weighted by Gasteiger charge is 2.15. The van der Waals surface area contributed by atoms with E-state index in [-0.39, 0.29) is 0 Å². The Hall–Kier alpha value is -1.75. The minimum atomic E-state index is 0.431. The van der Waals surface area contributed by atoms with E-state index in [1.165, 1.54) is 11.3 Å². The number of thiazole rings is 1. The van der Waals surface area contributed by atoms with Crippen molar-refractivity contribution in [3.63, 3.8) is 0 Å². The molecule has 0 aliphatic heterocycles. The van der Waals surface area contributed by atoms with Crippen molar-refractivity contribution in [2.45, 2.75) is 6.92 Å². The Morgan fingerprint density at radius 2 is 2.20 bits per heavy atom. The Bertz CT molecular complexity index is 500. The van der Waals surface area contributed by atoms with Crippen LogP contribution in [0.25, 0.3) is 11.4 Å². The molecular formula is C10H8N2O2S. The molecule has 0 saturated heterocycles. The zero-order valence-electron chi connectivity index (χ0n) is 7.98. The van der Waals surface area contributed by atoms with Crippen LogP contribution < -0.4 is 0 Å². The molecule has 2 aromatic rings. The average molecular weight is 220 g/mol. The molecule has 0 atom stereocenters. The molecule has 0 aliphatic carbocycles. The summed E-state index contributed by atoms with van der Waals surface area (Å²) in [5, 5.41) is 1.83. The summed E-state index contributed by atoms with van der Waals surface area (Å²) in [6, 6.07) is 0. The van der Waals surface area contributed by atoms with Gasteiger partial charge in [-0.1, -0.05) is 0 Å². The van der Waals surface area contributed by atoms with E-state index in [2.05, 4.69) is 9.97 Å². The molecule has 0 fully saturated rings. The molecule has 0 bridgehead atoms. The molecule has 0 radical (unpaired) electrons. The molecule has 4 nitrogen and oxygen atoms in total. The van der Waals surface area contributed by atoms with E-state index in [9.17, 15) is 9.59 Å². The normalized spacial score (nSPS) is 10.2. The summed E-state index contributed by atoms with van der Waals surface area (Å²) >= 11 is 1.44. The maximum atomic E-state index is 10.9. The third-order valence-electron chi connectivity index (χ3n) is 2.26. The van der Waals surface area contributed by atoms with Crippen molar-refractivity contribution >= 4 is 23.9 Å². The minimum Gasteiger partial charge on any atom is -0.350 e. The number of carbonyl (C=O) groups is 2. The first-order valence-electron chi connectivity index (χ1n) is 4.29. The lowest BCUT2D eigenvalue weighted by atomic mass is 10.1. The van der Waals surface area contributed by atoms with Crippen molar-refractivity contribution in [2.75, 3.05) is 0 Å². The number of aldehydes is 2. The fraction of sp³-hybridized carbons (Fsp3) is 0.100. The lowest BCUT2D eigenvalue weighted by Gasteiger charge is -1.92. The molecule has 15 heavy (non-hydrogen) atoms. The number of H-pyrrole nitrogens is 1. The highest BCUT2D eigenvalue weighted by atomic mass is 32.1. The maximum absolute atomic E-state index is 10.9. The van der Waals surface area contributed by atoms with Crippen LogP contribution in [0.1, 0.15) is 26.4 Å². The Morgan fingerprint density at radius 3 is 2.73 bits per heavy atom. The molecule has 0 aliphatic rings. The van der Waals surface area contributed by atoms with Crippen molar-refractivity contribution in [1.82, 2.24) is 9.97 Å². The fourth-order valence-corrected chi connectivity index (χ4v) is 1.97. The van der Waals surface area contributed by atoms with Crippen molar-refractivity contribution < 1.29 is 9.59 Å². The van der Waals surface area contributed by atoms with Crippen LogP contribution in [-0.2, 0) is 0 Å². The number of aromatic amines is 1. The molecule has 0 spiro atoms. The minimum absolute atomic E-state index is 0.431. The maximum Gasteiger partial charge on any atom is 0.166 e. The van der Waals surface area contributed by atoms with Gasteiger partial charge in [0, 0.05) is 10.9 Å². The second kappa shape index (κ2) is 3.78. The van der Waals surface area contributed by atoms with Crippen molar-refractivity contribution in [3.05, 3.63) is 27.7 Å². The van der Waals surface area contributed by atoms with Gasteiger partial charge in [0.15, 0.2) is 12.6 Å². The second-order valence-corrected chi connectivity index (χ2v) is 3.78. The van der Waals surface area contributed by atoms with E-state index in [1.807, 2.05) is 5.38 Å². The molecule has 1 N–H and O–H groups in total. The summed E-state index contributed by atoms with van der Waals surface area (Å²) in [4.78, 5) is 28.6. The first kappa shape index (κ1) is 9.79. The number of hydrogen-bond donors (Lipinski definition) is 1. The van der Waals surface area contributed by atoms with Gasteiger partial charge in [-0.25, -0.2) is 4.98 Å². The topological polar surface area (TPSA) is 62.8 Å². The Labute approximate surface area is 90.0 Å². The van der Waals surface area contributed by atoms with Gasteiger partial charge >= 0.3 is 0 Å². The Balaban J connectivity index is 2.66. The van der Waals surface area contributed by atoms with Crippen LogP contribution in [0, 0.1) is 6.92 Å². The average Bonchev–Trinajstić information content (AvgIpc) is 2.84. The van der Waals surface area contributed by atoms with Gasteiger partial charge < -0.3 is 4.98 Å². The van der Waals surface area contributed by atoms with Gasteiger partial charge in [-0.05, 0) is 12.5 Å². The molecular weight excluding hydrogens is 212 g/mol. The third-order valence-corrected chi connectivity index (χ3v) is 2.85. The predicted octanol–water partition coefficient (Wildman–Crippen LogP) is 2.07. The Kier molecular flexibility index (Phi) is 2.47. The van der Waals surface area contributed by atoms with E-state index < -0.39 is 0 Å². The van der Waals surface area contributed by atoms with Gasteiger partial charge in [0.1, 0.15) is 0 Å². The zero-order chi connectivity index (χ0) is 10.8. The number of hydrogen-bond acceptors (Lipinski definition) is 4. The lowest BCUT2D eigenvalue weighted by Crippen LogP contribution is -1.85. The summed E-state index contributed by atoms with van der Waals surface area (Å²) in [6.45, 7) is 1.74. The number of rotatable bonds is 3. The molecule has 0 amide bonds. The van der Waals surface area contributed by atoms with Crippen LogP contribution in [0.3, 0.4) is 0 Å². The van der Waals surface area contributed by atoms with E-state index >= 15 is 0 Å². The zero-order valence-corrected chi connectivity index (χ0v) is 8.80. The summed E-state index contributed by atoms with van der Waals surface area (Å²) < 4.78 is 0. The quantitative estimate of drug-likeness (QED) is 0.805. The van der Waals surface area contributed by atoms with Crippen molar-refractivity contribution in [3.8, 4) is 11.4 Å². The molecule has 2 aromatic heterocycles. The monoisotopic (exact) mass is 220 g/mol. The molecule has 2 rings (SSSR count). The largest absolute Gasteiger partial charge is 0.350 e. The standard InChI is InChI=1S/C10H8N2O2S/c1-6-7(2-13)10(12-8(6)3-14)9-4-15-5-11-9/h2-5,12H,1H3. The van der Waals surface area contributed by atoms with Gasteiger partial charge in [0.25, 0.3) is 0 Å². The van der Waals surface area contributed by atoms with Crippen LogP contribution >= 0.6 is 11.3 Å². The molecule has 5 heteroatoms. The number of nitrogens with one attached hydrogen (secondary N) is 1. The second-order valence-electron chi connectivity index (χ2n) is 3.06. The van der Waals surface area contributed by atoms with Crippen LogP contribution in [0.2, 0.25) is 0 Å². The first-order chi connectivity index (χ1) is 7.27. The smallest absolute Gasteiger partial charge is 0.166 e. The van der Waals surface area contributed by atoms with Crippen molar-refractivity contribution in [1.29, 1.82) is 0 Å². The molecule has 0 unspecified atom stereocenters. The SMILES string of the molecule is Cc1c(C=O)[nH]c(-c2cscn2)c1C=O. The number of aromatic nitrogens is 2. The third kappa shape index (κ3) is 1.50. The van der Waals surface area contributed by atoms with E-state index in [0.717, 1.165) is 6.29 Å². The molecule has 2 heterocycles. The van der Waals surface area contributed by atoms with E-state index in [1.54, 1.807) is 12.4 Å². The highest BCUT2D eigenvalue weighted by Crippen LogP contribution is 2.25. The summed E-state index contributed by atoms with van der Waals surface area (Å²) in [5.74, 6) is 0. The van der Waals surface area contributed by atoms with Crippen LogP contribution in [-0.4, -0.2) is 22.5 Å². The lowest BCUT2D eigenvalue weighted by molar-refractivity contribution is 0.111. The van der Waals surface area contributed by atoms with E-state index in [4.69, 9.17) is 0 Å². The van der Waals surface area contributed by atoms with Crippen LogP contribution in [0.4, 0.5) is 0 Å². The first-order valence-corrected chi connectivity index (χ1v) is 5.23. The molecule has 76 valence electrons. The van der Waals surface area contributed by atoms with Gasteiger partial charge in [-0.15, -0.1) is 11.3 Å². The van der Waals surface area contributed by atoms with Crippen LogP contribution in [0.15, 0.2) is 10.9 Å². The van der Waals surface area contributed by atoms with Gasteiger partial charge in [0.05, 0.1) is 22.6 Å². The van der Waals surface area contributed by atoms with Gasteiger partial charge in [0.2, 0.25) is 0 Å². The van der Waals surface area contributed by atoms with Gasteiger partial charge in [-0.2, -0.15) is 0 Å². The Morgan fingerprint density at radius 1 is 1.40 bits per heavy atom. The number of carbonyl (C=O) groups excluding carboxylic acids is 2. The summed E-state index contributed by atoms with van der Waals surface area (Å²) in [6.07, 6.45) is 1.45. The van der Waals surface area contributed by atoms with Gasteiger partial charge in [-0.3, -0.25) is 9.59 Å². The van der Waals surface area contributed by atoms with Crippen LogP contribution in [0.5, 0.6) is 0 Å². The molecule has 0 aromatic carbocycles. The highest BCUT2D eigenvalue weighted by molar-refractivity contribution is 7.07. The summed E-state index contributed by atoms with van der Waals surface area (Å²) in [7, 11) is 0. The molecule has 0 saturated carbocycles. The fourth-order valence-electron chi connectivity index (χ4n) is 1.43. The predicted molar refractivity (Wildman–Crippen MR) is 57.4 cm³/mol.